The number of amides is 1. The number of nitrogens with one attached hydrogen (secondary N) is 2. The molecule has 1 atom stereocenters. The summed E-state index contributed by atoms with van der Waals surface area (Å²) in [6, 6.07) is 0.312. The van der Waals surface area contributed by atoms with E-state index in [9.17, 15) is 14.4 Å². The largest absolute Gasteiger partial charge is 0.353 e. The van der Waals surface area contributed by atoms with Crippen LogP contribution in [0.3, 0.4) is 0 Å². The van der Waals surface area contributed by atoms with Gasteiger partial charge in [0.15, 0.2) is 11.2 Å². The second-order valence-corrected chi connectivity index (χ2v) is 5.85. The fourth-order valence-corrected chi connectivity index (χ4v) is 2.90. The molecule has 9 nitrogen and oxygen atoms in total. The van der Waals surface area contributed by atoms with E-state index in [4.69, 9.17) is 0 Å². The number of halogens is 1. The van der Waals surface area contributed by atoms with Crippen LogP contribution in [0.4, 0.5) is 0 Å². The van der Waals surface area contributed by atoms with Crippen LogP contribution in [-0.4, -0.2) is 43.7 Å². The summed E-state index contributed by atoms with van der Waals surface area (Å²) in [6.45, 7) is 1.55. The molecule has 1 aliphatic heterocycles. The monoisotopic (exact) mass is 356 g/mol. The number of nitrogens with zero attached hydrogens (tertiary/aromatic N) is 4. The Bertz CT molecular complexity index is 862. The molecular formula is C14H21ClN6O3. The number of rotatable bonds is 4. The Kier molecular flexibility index (Phi) is 5.45. The van der Waals surface area contributed by atoms with E-state index >= 15 is 0 Å². The van der Waals surface area contributed by atoms with Crippen molar-refractivity contribution >= 4 is 29.5 Å². The van der Waals surface area contributed by atoms with Gasteiger partial charge in [0.2, 0.25) is 5.91 Å². The van der Waals surface area contributed by atoms with Crippen LogP contribution < -0.4 is 21.9 Å². The molecule has 0 aromatic carbocycles. The first kappa shape index (κ1) is 18.2. The van der Waals surface area contributed by atoms with Gasteiger partial charge in [0.25, 0.3) is 5.56 Å². The fourth-order valence-electron chi connectivity index (χ4n) is 2.90. The van der Waals surface area contributed by atoms with E-state index < -0.39 is 11.2 Å². The molecule has 0 spiro atoms. The quantitative estimate of drug-likeness (QED) is 0.710. The Hall–Kier alpha value is -2.13. The van der Waals surface area contributed by atoms with Gasteiger partial charge in [-0.3, -0.25) is 18.7 Å². The molecule has 132 valence electrons. The van der Waals surface area contributed by atoms with Crippen molar-refractivity contribution in [2.24, 2.45) is 14.1 Å². The second-order valence-electron chi connectivity index (χ2n) is 5.85. The predicted octanol–water partition coefficient (Wildman–Crippen LogP) is -1.28. The van der Waals surface area contributed by atoms with E-state index in [2.05, 4.69) is 15.6 Å². The van der Waals surface area contributed by atoms with Crippen LogP contribution in [0.1, 0.15) is 12.8 Å². The zero-order valence-corrected chi connectivity index (χ0v) is 14.4. The first-order valence-corrected chi connectivity index (χ1v) is 7.60. The summed E-state index contributed by atoms with van der Waals surface area (Å²) >= 11 is 0. The van der Waals surface area contributed by atoms with Gasteiger partial charge in [-0.15, -0.1) is 12.4 Å². The van der Waals surface area contributed by atoms with Gasteiger partial charge in [0, 0.05) is 26.7 Å². The minimum Gasteiger partial charge on any atom is -0.353 e. The number of carbonyl (C=O) groups excluding carboxylic acids is 1. The van der Waals surface area contributed by atoms with Crippen LogP contribution in [0, 0.1) is 0 Å². The molecular weight excluding hydrogens is 336 g/mol. The number of hydrogen-bond donors (Lipinski definition) is 2. The summed E-state index contributed by atoms with van der Waals surface area (Å²) in [6.07, 6.45) is 3.59. The Morgan fingerprint density at radius 1 is 1.38 bits per heavy atom. The molecule has 2 aromatic rings. The summed E-state index contributed by atoms with van der Waals surface area (Å²) < 4.78 is 3.79. The zero-order chi connectivity index (χ0) is 16.6. The van der Waals surface area contributed by atoms with Gasteiger partial charge >= 0.3 is 5.69 Å². The fraction of sp³-hybridized carbons (Fsp3) is 0.571. The summed E-state index contributed by atoms with van der Waals surface area (Å²) in [4.78, 5) is 40.3. The van der Waals surface area contributed by atoms with Crippen molar-refractivity contribution in [3.63, 3.8) is 0 Å². The molecule has 3 rings (SSSR count). The van der Waals surface area contributed by atoms with E-state index in [-0.39, 0.29) is 36.0 Å². The molecule has 0 aliphatic carbocycles. The molecule has 0 bridgehead atoms. The number of imidazole rings is 1. The SMILES string of the molecule is Cl.Cn1c(=O)c2c(ncn2CC(=O)NCC2CCCN2)n(C)c1=O. The first-order chi connectivity index (χ1) is 11.0. The van der Waals surface area contributed by atoms with Gasteiger partial charge in [-0.05, 0) is 19.4 Å². The van der Waals surface area contributed by atoms with Crippen molar-refractivity contribution in [1.82, 2.24) is 29.3 Å². The molecule has 0 radical (unpaired) electrons. The molecule has 24 heavy (non-hydrogen) atoms. The zero-order valence-electron chi connectivity index (χ0n) is 13.6. The Balaban J connectivity index is 0.00000208. The molecule has 1 unspecified atom stereocenters. The third kappa shape index (κ3) is 3.22. The summed E-state index contributed by atoms with van der Waals surface area (Å²) in [5, 5.41) is 6.17. The minimum absolute atomic E-state index is 0. The standard InChI is InChI=1S/C14H20N6O3.ClH/c1-18-12-11(13(22)19(2)14(18)23)20(8-17-12)7-10(21)16-6-9-4-3-5-15-9;/h8-9,15H,3-7H2,1-2H3,(H,16,21);1H. The van der Waals surface area contributed by atoms with Gasteiger partial charge in [-0.2, -0.15) is 0 Å². The minimum atomic E-state index is -0.453. The van der Waals surface area contributed by atoms with Crippen LogP contribution in [0.2, 0.25) is 0 Å². The van der Waals surface area contributed by atoms with Crippen molar-refractivity contribution in [2.45, 2.75) is 25.4 Å². The van der Waals surface area contributed by atoms with Gasteiger partial charge in [0.05, 0.1) is 6.33 Å². The van der Waals surface area contributed by atoms with Crippen molar-refractivity contribution in [3.05, 3.63) is 27.2 Å². The number of aromatic nitrogens is 4. The average Bonchev–Trinajstić information content (AvgIpc) is 3.18. The third-order valence-electron chi connectivity index (χ3n) is 4.24. The number of aryl methyl sites for hydroxylation is 1. The van der Waals surface area contributed by atoms with E-state index in [1.807, 2.05) is 0 Å². The maximum atomic E-state index is 12.3. The molecule has 2 aromatic heterocycles. The van der Waals surface area contributed by atoms with Gasteiger partial charge < -0.3 is 15.2 Å². The summed E-state index contributed by atoms with van der Waals surface area (Å²) in [5.74, 6) is -0.186. The predicted molar refractivity (Wildman–Crippen MR) is 91.5 cm³/mol. The van der Waals surface area contributed by atoms with Gasteiger partial charge in [-0.25, -0.2) is 9.78 Å². The van der Waals surface area contributed by atoms with Crippen LogP contribution in [0.15, 0.2) is 15.9 Å². The maximum absolute atomic E-state index is 12.3. The van der Waals surface area contributed by atoms with Crippen molar-refractivity contribution in [2.75, 3.05) is 13.1 Å². The highest BCUT2D eigenvalue weighted by Gasteiger charge is 2.17. The van der Waals surface area contributed by atoms with E-state index in [0.29, 0.717) is 12.6 Å². The lowest BCUT2D eigenvalue weighted by Gasteiger charge is -2.12. The topological polar surface area (TPSA) is 103 Å². The molecule has 0 saturated carbocycles. The Morgan fingerprint density at radius 3 is 2.79 bits per heavy atom. The third-order valence-corrected chi connectivity index (χ3v) is 4.24. The average molecular weight is 357 g/mol. The molecule has 1 aliphatic rings. The van der Waals surface area contributed by atoms with Crippen LogP contribution in [0.25, 0.3) is 11.2 Å². The van der Waals surface area contributed by atoms with Crippen LogP contribution in [0.5, 0.6) is 0 Å². The highest BCUT2D eigenvalue weighted by Crippen LogP contribution is 2.06. The van der Waals surface area contributed by atoms with Crippen molar-refractivity contribution < 1.29 is 4.79 Å². The second kappa shape index (κ2) is 7.18. The number of carbonyl (C=O) groups is 1. The summed E-state index contributed by atoms with van der Waals surface area (Å²) in [5.41, 5.74) is -0.359. The molecule has 1 amide bonds. The highest BCUT2D eigenvalue weighted by atomic mass is 35.5. The molecule has 10 heteroatoms. The lowest BCUT2D eigenvalue weighted by Crippen LogP contribution is -2.39. The lowest BCUT2D eigenvalue weighted by molar-refractivity contribution is -0.121. The van der Waals surface area contributed by atoms with Crippen molar-refractivity contribution in [1.29, 1.82) is 0 Å². The summed E-state index contributed by atoms with van der Waals surface area (Å²) in [7, 11) is 2.96. The Labute approximate surface area is 144 Å². The van der Waals surface area contributed by atoms with Crippen LogP contribution in [-0.2, 0) is 25.4 Å². The van der Waals surface area contributed by atoms with Gasteiger partial charge in [-0.1, -0.05) is 0 Å². The van der Waals surface area contributed by atoms with E-state index in [0.717, 1.165) is 24.0 Å². The van der Waals surface area contributed by atoms with E-state index in [1.54, 1.807) is 7.05 Å². The molecule has 1 fully saturated rings. The number of hydrogen-bond acceptors (Lipinski definition) is 5. The number of fused-ring (bicyclic) bond motifs is 1. The van der Waals surface area contributed by atoms with Crippen molar-refractivity contribution in [3.8, 4) is 0 Å². The normalized spacial score (nSPS) is 17.0. The molecule has 1 saturated heterocycles. The molecule has 3 heterocycles. The first-order valence-electron chi connectivity index (χ1n) is 7.60. The van der Waals surface area contributed by atoms with E-state index in [1.165, 1.54) is 22.5 Å². The maximum Gasteiger partial charge on any atom is 0.332 e. The highest BCUT2D eigenvalue weighted by molar-refractivity contribution is 5.85. The Morgan fingerprint density at radius 2 is 2.12 bits per heavy atom. The van der Waals surface area contributed by atoms with Crippen LogP contribution >= 0.6 is 12.4 Å². The smallest absolute Gasteiger partial charge is 0.332 e. The lowest BCUT2D eigenvalue weighted by atomic mass is 10.2. The van der Waals surface area contributed by atoms with Gasteiger partial charge in [0.1, 0.15) is 6.54 Å². The molecule has 2 N–H and O–H groups in total.